The summed E-state index contributed by atoms with van der Waals surface area (Å²) in [6.07, 6.45) is 7.87. The molecule has 0 radical (unpaired) electrons. The van der Waals surface area contributed by atoms with Gasteiger partial charge in [-0.25, -0.2) is 0 Å². The first-order valence-corrected chi connectivity index (χ1v) is 8.08. The van der Waals surface area contributed by atoms with Crippen LogP contribution in [0.3, 0.4) is 0 Å². The molecule has 0 aromatic rings. The number of hydrogen-bond acceptors (Lipinski definition) is 3. The lowest BCUT2D eigenvalue weighted by molar-refractivity contribution is -0.328. The SMILES string of the molecule is CCC1CCC2C3CCCC(O)C3(C)CCC2(O)O1. The third kappa shape index (κ3) is 2.05. The molecule has 0 aromatic heterocycles. The van der Waals surface area contributed by atoms with E-state index in [1.54, 1.807) is 0 Å². The molecule has 110 valence electrons. The highest BCUT2D eigenvalue weighted by atomic mass is 16.6. The molecule has 1 saturated heterocycles. The summed E-state index contributed by atoms with van der Waals surface area (Å²) < 4.78 is 6.03. The summed E-state index contributed by atoms with van der Waals surface area (Å²) in [6.45, 7) is 4.36. The molecule has 3 rings (SSSR count). The summed E-state index contributed by atoms with van der Waals surface area (Å²) in [7, 11) is 0. The maximum atomic E-state index is 10.9. The lowest BCUT2D eigenvalue weighted by Crippen LogP contribution is -2.60. The van der Waals surface area contributed by atoms with Gasteiger partial charge in [0.05, 0.1) is 12.2 Å². The van der Waals surface area contributed by atoms with Crippen LogP contribution in [0.25, 0.3) is 0 Å². The van der Waals surface area contributed by atoms with Gasteiger partial charge in [0.2, 0.25) is 0 Å². The summed E-state index contributed by atoms with van der Waals surface area (Å²) >= 11 is 0. The van der Waals surface area contributed by atoms with Crippen LogP contribution >= 0.6 is 0 Å². The van der Waals surface area contributed by atoms with Crippen molar-refractivity contribution in [2.24, 2.45) is 17.3 Å². The molecule has 2 N–H and O–H groups in total. The van der Waals surface area contributed by atoms with E-state index in [0.717, 1.165) is 44.9 Å². The van der Waals surface area contributed by atoms with Crippen molar-refractivity contribution < 1.29 is 14.9 Å². The van der Waals surface area contributed by atoms with Crippen molar-refractivity contribution in [1.82, 2.24) is 0 Å². The lowest BCUT2D eigenvalue weighted by Gasteiger charge is -2.59. The van der Waals surface area contributed by atoms with Crippen LogP contribution in [0.5, 0.6) is 0 Å². The molecule has 6 unspecified atom stereocenters. The molecule has 2 saturated carbocycles. The molecule has 3 fully saturated rings. The minimum absolute atomic E-state index is 0.00242. The van der Waals surface area contributed by atoms with E-state index in [9.17, 15) is 10.2 Å². The fourth-order valence-electron chi connectivity index (χ4n) is 4.97. The van der Waals surface area contributed by atoms with E-state index in [1.807, 2.05) is 0 Å². The van der Waals surface area contributed by atoms with Gasteiger partial charge in [0, 0.05) is 12.3 Å². The maximum Gasteiger partial charge on any atom is 0.168 e. The van der Waals surface area contributed by atoms with Gasteiger partial charge in [0.15, 0.2) is 5.79 Å². The number of hydrogen-bond donors (Lipinski definition) is 2. The van der Waals surface area contributed by atoms with Crippen LogP contribution in [0.4, 0.5) is 0 Å². The van der Waals surface area contributed by atoms with Gasteiger partial charge in [-0.05, 0) is 49.9 Å². The Kier molecular flexibility index (Phi) is 3.43. The minimum Gasteiger partial charge on any atom is -0.393 e. The van der Waals surface area contributed by atoms with E-state index in [4.69, 9.17) is 4.74 Å². The standard InChI is InChI=1S/C16H28O3/c1-3-11-7-8-13-12-5-4-6-14(17)15(12,2)9-10-16(13,18)19-11/h11-14,17-18H,3-10H2,1-2H3. The third-order valence-electron chi connectivity index (χ3n) is 6.31. The second-order valence-corrected chi connectivity index (χ2v) is 7.24. The van der Waals surface area contributed by atoms with Gasteiger partial charge < -0.3 is 14.9 Å². The molecule has 1 heterocycles. The van der Waals surface area contributed by atoms with Crippen LogP contribution in [0.2, 0.25) is 0 Å². The van der Waals surface area contributed by atoms with Crippen molar-refractivity contribution in [3.05, 3.63) is 0 Å². The second kappa shape index (κ2) is 4.71. The largest absolute Gasteiger partial charge is 0.393 e. The summed E-state index contributed by atoms with van der Waals surface area (Å²) in [6, 6.07) is 0. The predicted molar refractivity (Wildman–Crippen MR) is 73.5 cm³/mol. The first kappa shape index (κ1) is 13.8. The molecular weight excluding hydrogens is 240 g/mol. The molecule has 2 aliphatic carbocycles. The second-order valence-electron chi connectivity index (χ2n) is 7.24. The first-order valence-electron chi connectivity index (χ1n) is 8.08. The Hall–Kier alpha value is -0.120. The third-order valence-corrected chi connectivity index (χ3v) is 6.31. The average molecular weight is 268 g/mol. The molecule has 1 aliphatic heterocycles. The molecule has 0 amide bonds. The Balaban J connectivity index is 1.85. The van der Waals surface area contributed by atoms with E-state index in [2.05, 4.69) is 13.8 Å². The van der Waals surface area contributed by atoms with Gasteiger partial charge in [-0.3, -0.25) is 0 Å². The highest BCUT2D eigenvalue weighted by Crippen LogP contribution is 2.58. The Morgan fingerprint density at radius 3 is 2.63 bits per heavy atom. The quantitative estimate of drug-likeness (QED) is 0.769. The van der Waals surface area contributed by atoms with Crippen LogP contribution < -0.4 is 0 Å². The van der Waals surface area contributed by atoms with Gasteiger partial charge in [0.1, 0.15) is 0 Å². The Morgan fingerprint density at radius 1 is 1.11 bits per heavy atom. The van der Waals surface area contributed by atoms with Crippen LogP contribution in [0, 0.1) is 17.3 Å². The Bertz CT molecular complexity index is 345. The Labute approximate surface area is 116 Å². The summed E-state index contributed by atoms with van der Waals surface area (Å²) in [5.41, 5.74) is -0.00242. The lowest BCUT2D eigenvalue weighted by atomic mass is 9.52. The topological polar surface area (TPSA) is 49.7 Å². The molecular formula is C16H28O3. The van der Waals surface area contributed by atoms with Crippen molar-refractivity contribution in [2.45, 2.75) is 83.2 Å². The molecule has 3 aliphatic rings. The maximum absolute atomic E-state index is 10.9. The number of rotatable bonds is 1. The summed E-state index contributed by atoms with van der Waals surface area (Å²) in [5.74, 6) is -0.267. The van der Waals surface area contributed by atoms with Gasteiger partial charge >= 0.3 is 0 Å². The molecule has 6 atom stereocenters. The smallest absolute Gasteiger partial charge is 0.168 e. The zero-order valence-electron chi connectivity index (χ0n) is 12.3. The van der Waals surface area contributed by atoms with Crippen LogP contribution in [0.1, 0.15) is 65.2 Å². The van der Waals surface area contributed by atoms with E-state index in [1.165, 1.54) is 0 Å². The average Bonchev–Trinajstić information content (AvgIpc) is 2.40. The Morgan fingerprint density at radius 2 is 1.89 bits per heavy atom. The summed E-state index contributed by atoms with van der Waals surface area (Å²) in [4.78, 5) is 0. The fourth-order valence-corrected chi connectivity index (χ4v) is 4.97. The van der Waals surface area contributed by atoms with Gasteiger partial charge in [-0.1, -0.05) is 20.3 Å². The van der Waals surface area contributed by atoms with Gasteiger partial charge in [-0.15, -0.1) is 0 Å². The minimum atomic E-state index is -0.917. The van der Waals surface area contributed by atoms with Crippen LogP contribution in [-0.2, 0) is 4.74 Å². The summed E-state index contributed by atoms with van der Waals surface area (Å²) in [5, 5.41) is 21.3. The van der Waals surface area contributed by atoms with E-state index < -0.39 is 5.79 Å². The van der Waals surface area contributed by atoms with Crippen molar-refractivity contribution in [1.29, 1.82) is 0 Å². The highest BCUT2D eigenvalue weighted by molar-refractivity contribution is 5.04. The predicted octanol–water partition coefficient (Wildman–Crippen LogP) is 2.84. The van der Waals surface area contributed by atoms with Gasteiger partial charge in [0.25, 0.3) is 0 Å². The van der Waals surface area contributed by atoms with Crippen molar-refractivity contribution in [3.63, 3.8) is 0 Å². The normalized spacial score (nSPS) is 54.3. The van der Waals surface area contributed by atoms with E-state index in [0.29, 0.717) is 12.3 Å². The van der Waals surface area contributed by atoms with Crippen LogP contribution in [0.15, 0.2) is 0 Å². The molecule has 3 heteroatoms. The van der Waals surface area contributed by atoms with Crippen molar-refractivity contribution in [3.8, 4) is 0 Å². The zero-order valence-corrected chi connectivity index (χ0v) is 12.3. The molecule has 3 nitrogen and oxygen atoms in total. The van der Waals surface area contributed by atoms with Crippen molar-refractivity contribution in [2.75, 3.05) is 0 Å². The molecule has 0 bridgehead atoms. The van der Waals surface area contributed by atoms with E-state index in [-0.39, 0.29) is 23.5 Å². The monoisotopic (exact) mass is 268 g/mol. The van der Waals surface area contributed by atoms with E-state index >= 15 is 0 Å². The molecule has 0 spiro atoms. The fraction of sp³-hybridized carbons (Fsp3) is 1.00. The molecule has 0 aromatic carbocycles. The number of aliphatic hydroxyl groups excluding tert-OH is 1. The number of ether oxygens (including phenoxy) is 1. The number of aliphatic hydroxyl groups is 2. The van der Waals surface area contributed by atoms with Crippen LogP contribution in [-0.4, -0.2) is 28.2 Å². The zero-order chi connectivity index (χ0) is 13.7. The van der Waals surface area contributed by atoms with Gasteiger partial charge in [-0.2, -0.15) is 0 Å². The van der Waals surface area contributed by atoms with Crippen molar-refractivity contribution >= 4 is 0 Å². The molecule has 19 heavy (non-hydrogen) atoms. The highest BCUT2D eigenvalue weighted by Gasteiger charge is 2.58. The number of fused-ring (bicyclic) bond motifs is 3. The first-order chi connectivity index (χ1) is 8.99.